The summed E-state index contributed by atoms with van der Waals surface area (Å²) < 4.78 is 10.6. The highest BCUT2D eigenvalue weighted by Gasteiger charge is 2.06. The van der Waals surface area contributed by atoms with Gasteiger partial charge in [0, 0.05) is 24.0 Å². The summed E-state index contributed by atoms with van der Waals surface area (Å²) in [5, 5.41) is 0.480. The number of benzene rings is 1. The summed E-state index contributed by atoms with van der Waals surface area (Å²) in [5.74, 6) is 6.35. The van der Waals surface area contributed by atoms with E-state index in [-0.39, 0.29) is 5.43 Å². The van der Waals surface area contributed by atoms with Gasteiger partial charge in [0.2, 0.25) is 5.43 Å². The van der Waals surface area contributed by atoms with E-state index in [4.69, 9.17) is 9.15 Å². The lowest BCUT2D eigenvalue weighted by atomic mass is 10.1. The number of ether oxygens (including phenoxy) is 1. The van der Waals surface area contributed by atoms with E-state index in [1.54, 1.807) is 43.8 Å². The SMILES string of the molecule is COc1ccc2c(=O)c(C#Cc3cccnc3)coc2c1. The molecule has 0 saturated carbocycles. The normalized spacial score (nSPS) is 9.95. The second-order valence-corrected chi connectivity index (χ2v) is 4.33. The van der Waals surface area contributed by atoms with Crippen LogP contribution in [0.15, 0.2) is 58.2 Å². The number of hydrogen-bond acceptors (Lipinski definition) is 4. The maximum atomic E-state index is 12.3. The van der Waals surface area contributed by atoms with E-state index < -0.39 is 0 Å². The van der Waals surface area contributed by atoms with Crippen LogP contribution in [0.3, 0.4) is 0 Å². The van der Waals surface area contributed by atoms with Crippen LogP contribution in [-0.4, -0.2) is 12.1 Å². The monoisotopic (exact) mass is 277 g/mol. The van der Waals surface area contributed by atoms with Crippen LogP contribution in [0.1, 0.15) is 11.1 Å². The van der Waals surface area contributed by atoms with Crippen molar-refractivity contribution in [3.05, 3.63) is 70.3 Å². The van der Waals surface area contributed by atoms with Crippen LogP contribution in [0.5, 0.6) is 5.75 Å². The predicted octanol–water partition coefficient (Wildman–Crippen LogP) is 2.60. The van der Waals surface area contributed by atoms with Gasteiger partial charge in [0.1, 0.15) is 23.2 Å². The van der Waals surface area contributed by atoms with E-state index >= 15 is 0 Å². The van der Waals surface area contributed by atoms with Crippen LogP contribution < -0.4 is 10.2 Å². The van der Waals surface area contributed by atoms with Gasteiger partial charge in [-0.15, -0.1) is 0 Å². The molecule has 21 heavy (non-hydrogen) atoms. The van der Waals surface area contributed by atoms with Crippen molar-refractivity contribution >= 4 is 11.0 Å². The van der Waals surface area contributed by atoms with Crippen LogP contribution in [0.25, 0.3) is 11.0 Å². The van der Waals surface area contributed by atoms with Crippen LogP contribution >= 0.6 is 0 Å². The number of fused-ring (bicyclic) bond motifs is 1. The van der Waals surface area contributed by atoms with E-state index in [0.29, 0.717) is 22.3 Å². The van der Waals surface area contributed by atoms with E-state index in [1.807, 2.05) is 6.07 Å². The minimum atomic E-state index is -0.157. The summed E-state index contributed by atoms with van der Waals surface area (Å²) in [6, 6.07) is 8.69. The van der Waals surface area contributed by atoms with E-state index in [1.165, 1.54) is 6.26 Å². The number of pyridine rings is 1. The molecule has 0 fully saturated rings. The summed E-state index contributed by atoms with van der Waals surface area (Å²) in [6.07, 6.45) is 4.68. The Bertz CT molecular complexity index is 902. The molecule has 3 aromatic rings. The van der Waals surface area contributed by atoms with Crippen molar-refractivity contribution in [1.82, 2.24) is 4.98 Å². The molecule has 0 unspecified atom stereocenters. The Morgan fingerprint density at radius 1 is 1.24 bits per heavy atom. The van der Waals surface area contributed by atoms with Crippen molar-refractivity contribution in [2.24, 2.45) is 0 Å². The van der Waals surface area contributed by atoms with Gasteiger partial charge in [-0.25, -0.2) is 0 Å². The third-order valence-corrected chi connectivity index (χ3v) is 2.98. The Kier molecular flexibility index (Phi) is 3.40. The number of rotatable bonds is 1. The molecule has 4 heteroatoms. The first kappa shape index (κ1) is 12.9. The standard InChI is InChI=1S/C17H11NO3/c1-20-14-6-7-15-16(9-14)21-11-13(17(15)19)5-4-12-3-2-8-18-10-12/h2-3,6-11H,1H3. The summed E-state index contributed by atoms with van der Waals surface area (Å²) in [5.41, 5.74) is 1.38. The van der Waals surface area contributed by atoms with Gasteiger partial charge in [-0.1, -0.05) is 11.8 Å². The van der Waals surface area contributed by atoms with Crippen molar-refractivity contribution in [2.75, 3.05) is 7.11 Å². The first-order valence-electron chi connectivity index (χ1n) is 6.29. The maximum absolute atomic E-state index is 12.3. The minimum absolute atomic E-state index is 0.157. The average Bonchev–Trinajstić information content (AvgIpc) is 2.55. The molecule has 0 atom stereocenters. The number of nitrogens with zero attached hydrogens (tertiary/aromatic N) is 1. The van der Waals surface area contributed by atoms with Gasteiger partial charge in [0.05, 0.1) is 12.5 Å². The zero-order valence-corrected chi connectivity index (χ0v) is 11.3. The summed E-state index contributed by atoms with van der Waals surface area (Å²) in [7, 11) is 1.56. The van der Waals surface area contributed by atoms with Crippen LogP contribution in [0, 0.1) is 11.8 Å². The fourth-order valence-electron chi connectivity index (χ4n) is 1.90. The molecule has 0 amide bonds. The van der Waals surface area contributed by atoms with Gasteiger partial charge in [-0.05, 0) is 24.3 Å². The number of methoxy groups -OCH3 is 1. The molecule has 2 aromatic heterocycles. The molecule has 0 radical (unpaired) electrons. The molecule has 0 bridgehead atoms. The molecule has 0 saturated heterocycles. The fourth-order valence-corrected chi connectivity index (χ4v) is 1.90. The van der Waals surface area contributed by atoms with Gasteiger partial charge >= 0.3 is 0 Å². The molecule has 0 aliphatic rings. The predicted molar refractivity (Wildman–Crippen MR) is 79.3 cm³/mol. The average molecular weight is 277 g/mol. The van der Waals surface area contributed by atoms with E-state index in [9.17, 15) is 4.79 Å². The van der Waals surface area contributed by atoms with Gasteiger partial charge in [0.25, 0.3) is 0 Å². The molecule has 0 N–H and O–H groups in total. The Morgan fingerprint density at radius 3 is 2.90 bits per heavy atom. The molecule has 3 rings (SSSR count). The number of hydrogen-bond donors (Lipinski definition) is 0. The molecule has 0 aliphatic carbocycles. The first-order chi connectivity index (χ1) is 10.3. The summed E-state index contributed by atoms with van der Waals surface area (Å²) in [6.45, 7) is 0. The topological polar surface area (TPSA) is 52.3 Å². The van der Waals surface area contributed by atoms with Gasteiger partial charge in [-0.3, -0.25) is 9.78 Å². The lowest BCUT2D eigenvalue weighted by Gasteiger charge is -2.01. The van der Waals surface area contributed by atoms with Crippen molar-refractivity contribution < 1.29 is 9.15 Å². The third kappa shape index (κ3) is 2.63. The lowest BCUT2D eigenvalue weighted by Crippen LogP contribution is -2.05. The number of aromatic nitrogens is 1. The molecular weight excluding hydrogens is 266 g/mol. The highest BCUT2D eigenvalue weighted by Crippen LogP contribution is 2.18. The second-order valence-electron chi connectivity index (χ2n) is 4.33. The molecule has 102 valence electrons. The van der Waals surface area contributed by atoms with Crippen LogP contribution in [0.2, 0.25) is 0 Å². The molecule has 0 spiro atoms. The zero-order chi connectivity index (χ0) is 14.7. The maximum Gasteiger partial charge on any atom is 0.208 e. The quantitative estimate of drug-likeness (QED) is 0.642. The van der Waals surface area contributed by atoms with Crippen molar-refractivity contribution in [3.8, 4) is 17.6 Å². The minimum Gasteiger partial charge on any atom is -0.497 e. The van der Waals surface area contributed by atoms with Crippen molar-refractivity contribution in [3.63, 3.8) is 0 Å². The Hall–Kier alpha value is -3.06. The summed E-state index contributed by atoms with van der Waals surface area (Å²) in [4.78, 5) is 16.3. The Balaban J connectivity index is 2.07. The Labute approximate surface area is 121 Å². The van der Waals surface area contributed by atoms with Gasteiger partial charge in [0.15, 0.2) is 0 Å². The van der Waals surface area contributed by atoms with E-state index in [2.05, 4.69) is 16.8 Å². The van der Waals surface area contributed by atoms with Crippen molar-refractivity contribution in [2.45, 2.75) is 0 Å². The fraction of sp³-hybridized carbons (Fsp3) is 0.0588. The zero-order valence-electron chi connectivity index (χ0n) is 11.3. The molecule has 4 nitrogen and oxygen atoms in total. The molecule has 2 heterocycles. The largest absolute Gasteiger partial charge is 0.497 e. The molecule has 1 aromatic carbocycles. The highest BCUT2D eigenvalue weighted by atomic mass is 16.5. The van der Waals surface area contributed by atoms with Crippen LogP contribution in [0.4, 0.5) is 0 Å². The van der Waals surface area contributed by atoms with Gasteiger partial charge in [-0.2, -0.15) is 0 Å². The van der Waals surface area contributed by atoms with Gasteiger partial charge < -0.3 is 9.15 Å². The molecular formula is C17H11NO3. The van der Waals surface area contributed by atoms with Crippen molar-refractivity contribution in [1.29, 1.82) is 0 Å². The summed E-state index contributed by atoms with van der Waals surface area (Å²) >= 11 is 0. The van der Waals surface area contributed by atoms with E-state index in [0.717, 1.165) is 5.56 Å². The third-order valence-electron chi connectivity index (χ3n) is 2.98. The van der Waals surface area contributed by atoms with Crippen LogP contribution in [-0.2, 0) is 0 Å². The molecule has 0 aliphatic heterocycles. The Morgan fingerprint density at radius 2 is 2.14 bits per heavy atom. The smallest absolute Gasteiger partial charge is 0.208 e. The highest BCUT2D eigenvalue weighted by molar-refractivity contribution is 5.79. The second kappa shape index (κ2) is 5.51. The first-order valence-corrected chi connectivity index (χ1v) is 6.29. The lowest BCUT2D eigenvalue weighted by molar-refractivity contribution is 0.414.